The summed E-state index contributed by atoms with van der Waals surface area (Å²) in [5, 5.41) is 3.48. The Morgan fingerprint density at radius 2 is 1.69 bits per heavy atom. The number of carbonyl (C=O) groups excluding carboxylic acids is 1. The van der Waals surface area contributed by atoms with Gasteiger partial charge in [0.1, 0.15) is 0 Å². The van der Waals surface area contributed by atoms with E-state index in [9.17, 15) is 4.79 Å². The van der Waals surface area contributed by atoms with Gasteiger partial charge in [-0.1, -0.05) is 26.2 Å². The maximum absolute atomic E-state index is 12.6. The molecule has 154 valence electrons. The molecule has 1 saturated carbocycles. The largest absolute Gasteiger partial charge is 0.340 e. The van der Waals surface area contributed by atoms with Crippen molar-refractivity contribution in [3.05, 3.63) is 0 Å². The smallest absolute Gasteiger partial charge is 0.222 e. The zero-order valence-corrected chi connectivity index (χ0v) is 18.1. The van der Waals surface area contributed by atoms with Crippen LogP contribution in [0.1, 0.15) is 58.3 Å². The molecule has 2 aliphatic heterocycles. The SMILES string of the molecule is CC(CC(=O)N1CCN(CC2CCCCC2)CC1)C1CCCNC1.Cl.Cl. The van der Waals surface area contributed by atoms with Gasteiger partial charge < -0.3 is 10.2 Å². The fourth-order valence-electron chi connectivity index (χ4n) is 4.85. The molecule has 0 aromatic carbocycles. The van der Waals surface area contributed by atoms with E-state index < -0.39 is 0 Å². The van der Waals surface area contributed by atoms with E-state index in [1.807, 2.05) is 0 Å². The van der Waals surface area contributed by atoms with Crippen LogP contribution in [0.5, 0.6) is 0 Å². The van der Waals surface area contributed by atoms with Gasteiger partial charge in [0, 0.05) is 39.1 Å². The first kappa shape index (κ1) is 24.0. The van der Waals surface area contributed by atoms with Gasteiger partial charge in [-0.05, 0) is 56.5 Å². The zero-order valence-electron chi connectivity index (χ0n) is 16.5. The Hall–Kier alpha value is -0.0300. The summed E-state index contributed by atoms with van der Waals surface area (Å²) in [7, 11) is 0. The van der Waals surface area contributed by atoms with E-state index in [1.165, 1.54) is 51.5 Å². The maximum atomic E-state index is 12.6. The van der Waals surface area contributed by atoms with Crippen LogP contribution in [-0.2, 0) is 4.79 Å². The van der Waals surface area contributed by atoms with Crippen molar-refractivity contribution in [2.24, 2.45) is 17.8 Å². The predicted molar refractivity (Wildman–Crippen MR) is 113 cm³/mol. The van der Waals surface area contributed by atoms with Crippen molar-refractivity contribution < 1.29 is 4.79 Å². The molecule has 3 fully saturated rings. The van der Waals surface area contributed by atoms with Gasteiger partial charge in [0.15, 0.2) is 0 Å². The van der Waals surface area contributed by atoms with Crippen molar-refractivity contribution in [2.75, 3.05) is 45.8 Å². The second-order valence-corrected chi connectivity index (χ2v) is 8.47. The van der Waals surface area contributed by atoms with Crippen LogP contribution in [0.3, 0.4) is 0 Å². The third-order valence-electron chi connectivity index (χ3n) is 6.60. The average molecular weight is 408 g/mol. The standard InChI is InChI=1S/C20H37N3O.2ClH/c1-17(19-8-5-9-21-15-19)14-20(24)23-12-10-22(11-13-23)16-18-6-3-2-4-7-18;;/h17-19,21H,2-16H2,1H3;2*1H. The van der Waals surface area contributed by atoms with Gasteiger partial charge in [0.25, 0.3) is 0 Å². The Bertz CT molecular complexity index is 391. The van der Waals surface area contributed by atoms with E-state index in [1.54, 1.807) is 0 Å². The van der Waals surface area contributed by atoms with E-state index in [0.717, 1.165) is 51.6 Å². The van der Waals surface area contributed by atoms with Crippen molar-refractivity contribution in [1.29, 1.82) is 0 Å². The minimum Gasteiger partial charge on any atom is -0.340 e. The van der Waals surface area contributed by atoms with Crippen LogP contribution < -0.4 is 5.32 Å². The molecule has 2 unspecified atom stereocenters. The number of carbonyl (C=O) groups is 1. The lowest BCUT2D eigenvalue weighted by Crippen LogP contribution is -2.50. The summed E-state index contributed by atoms with van der Waals surface area (Å²) in [6, 6.07) is 0. The number of nitrogens with zero attached hydrogens (tertiary/aromatic N) is 2. The van der Waals surface area contributed by atoms with E-state index >= 15 is 0 Å². The first-order valence-corrected chi connectivity index (χ1v) is 10.4. The molecule has 2 atom stereocenters. The number of halogens is 2. The second-order valence-electron chi connectivity index (χ2n) is 8.47. The molecule has 3 aliphatic rings. The van der Waals surface area contributed by atoms with Crippen molar-refractivity contribution in [3.63, 3.8) is 0 Å². The third-order valence-corrected chi connectivity index (χ3v) is 6.60. The Morgan fingerprint density at radius 3 is 2.31 bits per heavy atom. The molecule has 6 heteroatoms. The summed E-state index contributed by atoms with van der Waals surface area (Å²) in [5.74, 6) is 2.52. The van der Waals surface area contributed by atoms with Crippen molar-refractivity contribution in [3.8, 4) is 0 Å². The Morgan fingerprint density at radius 1 is 1.00 bits per heavy atom. The van der Waals surface area contributed by atoms with Gasteiger partial charge in [-0.2, -0.15) is 0 Å². The van der Waals surface area contributed by atoms with Crippen molar-refractivity contribution in [1.82, 2.24) is 15.1 Å². The monoisotopic (exact) mass is 407 g/mol. The normalized spacial score (nSPS) is 26.5. The average Bonchev–Trinajstić information content (AvgIpc) is 2.64. The van der Waals surface area contributed by atoms with Gasteiger partial charge in [-0.3, -0.25) is 9.69 Å². The minimum atomic E-state index is 0. The van der Waals surface area contributed by atoms with Gasteiger partial charge >= 0.3 is 0 Å². The molecule has 1 amide bonds. The molecule has 1 aliphatic carbocycles. The van der Waals surface area contributed by atoms with Crippen LogP contribution in [0.25, 0.3) is 0 Å². The molecule has 1 N–H and O–H groups in total. The third kappa shape index (κ3) is 7.18. The zero-order chi connectivity index (χ0) is 16.8. The number of hydrogen-bond acceptors (Lipinski definition) is 3. The summed E-state index contributed by atoms with van der Waals surface area (Å²) in [4.78, 5) is 17.4. The highest BCUT2D eigenvalue weighted by Crippen LogP contribution is 2.26. The molecule has 26 heavy (non-hydrogen) atoms. The van der Waals surface area contributed by atoms with Crippen LogP contribution in [0.2, 0.25) is 0 Å². The van der Waals surface area contributed by atoms with E-state index in [2.05, 4.69) is 22.0 Å². The van der Waals surface area contributed by atoms with E-state index in [0.29, 0.717) is 17.7 Å². The van der Waals surface area contributed by atoms with Gasteiger partial charge in [0.05, 0.1) is 0 Å². The quantitative estimate of drug-likeness (QED) is 0.755. The Kier molecular flexibility index (Phi) is 11.5. The summed E-state index contributed by atoms with van der Waals surface area (Å²) < 4.78 is 0. The van der Waals surface area contributed by atoms with Crippen molar-refractivity contribution >= 4 is 30.7 Å². The molecule has 0 aromatic rings. The molecular formula is C20H39Cl2N3O. The number of rotatable bonds is 5. The van der Waals surface area contributed by atoms with E-state index in [-0.39, 0.29) is 24.8 Å². The van der Waals surface area contributed by atoms with Gasteiger partial charge in [0.2, 0.25) is 5.91 Å². The molecule has 4 nitrogen and oxygen atoms in total. The molecule has 0 spiro atoms. The van der Waals surface area contributed by atoms with Crippen LogP contribution in [0.4, 0.5) is 0 Å². The number of piperazine rings is 1. The maximum Gasteiger partial charge on any atom is 0.222 e. The predicted octanol–water partition coefficient (Wildman–Crippen LogP) is 3.58. The molecule has 2 heterocycles. The molecule has 2 saturated heterocycles. The lowest BCUT2D eigenvalue weighted by atomic mass is 9.85. The Labute approximate surface area is 172 Å². The highest BCUT2D eigenvalue weighted by molar-refractivity contribution is 5.85. The molecule has 0 radical (unpaired) electrons. The molecular weight excluding hydrogens is 369 g/mol. The summed E-state index contributed by atoms with van der Waals surface area (Å²) in [6.07, 6.45) is 10.4. The Balaban J connectivity index is 0.00000169. The highest BCUT2D eigenvalue weighted by atomic mass is 35.5. The number of amides is 1. The lowest BCUT2D eigenvalue weighted by molar-refractivity contribution is -0.134. The lowest BCUT2D eigenvalue weighted by Gasteiger charge is -2.38. The van der Waals surface area contributed by atoms with Crippen LogP contribution in [0.15, 0.2) is 0 Å². The van der Waals surface area contributed by atoms with Gasteiger partial charge in [-0.25, -0.2) is 0 Å². The van der Waals surface area contributed by atoms with Crippen molar-refractivity contribution in [2.45, 2.75) is 58.3 Å². The molecule has 0 aromatic heterocycles. The highest BCUT2D eigenvalue weighted by Gasteiger charge is 2.27. The fraction of sp³-hybridized carbons (Fsp3) is 0.950. The summed E-state index contributed by atoms with van der Waals surface area (Å²) in [6.45, 7) is 9.86. The summed E-state index contributed by atoms with van der Waals surface area (Å²) >= 11 is 0. The van der Waals surface area contributed by atoms with Gasteiger partial charge in [-0.15, -0.1) is 24.8 Å². The molecule has 0 bridgehead atoms. The first-order chi connectivity index (χ1) is 11.7. The number of nitrogens with one attached hydrogen (secondary N) is 1. The molecule has 3 rings (SSSR count). The topological polar surface area (TPSA) is 35.6 Å². The minimum absolute atomic E-state index is 0. The van der Waals surface area contributed by atoms with Crippen LogP contribution >= 0.6 is 24.8 Å². The second kappa shape index (κ2) is 12.4. The number of piperidine rings is 1. The van der Waals surface area contributed by atoms with Crippen LogP contribution in [-0.4, -0.2) is 61.5 Å². The first-order valence-electron chi connectivity index (χ1n) is 10.4. The van der Waals surface area contributed by atoms with Crippen LogP contribution in [0, 0.1) is 17.8 Å². The van der Waals surface area contributed by atoms with E-state index in [4.69, 9.17) is 0 Å². The summed E-state index contributed by atoms with van der Waals surface area (Å²) in [5.41, 5.74) is 0. The number of hydrogen-bond donors (Lipinski definition) is 1. The fourth-order valence-corrected chi connectivity index (χ4v) is 4.85.